The SMILES string of the molecule is Cl.O=C1CCCN1c1nc(C(F)(F)F)n2c1CNCC2. The number of amides is 1. The molecule has 0 aromatic carbocycles. The van der Waals surface area contributed by atoms with Gasteiger partial charge in [-0.05, 0) is 6.42 Å². The molecule has 1 N–H and O–H groups in total. The van der Waals surface area contributed by atoms with Crippen LogP contribution in [-0.2, 0) is 24.1 Å². The molecule has 3 heterocycles. The predicted molar refractivity (Wildman–Crippen MR) is 67.8 cm³/mol. The van der Waals surface area contributed by atoms with Crippen molar-refractivity contribution < 1.29 is 18.0 Å². The lowest BCUT2D eigenvalue weighted by atomic mass is 10.3. The zero-order chi connectivity index (χ0) is 13.6. The Labute approximate surface area is 119 Å². The maximum absolute atomic E-state index is 13.0. The number of carbonyl (C=O) groups excluding carboxylic acids is 1. The lowest BCUT2D eigenvalue weighted by molar-refractivity contribution is -0.147. The zero-order valence-corrected chi connectivity index (χ0v) is 11.4. The molecule has 2 aliphatic rings. The number of alkyl halides is 3. The van der Waals surface area contributed by atoms with Gasteiger partial charge in [0.15, 0.2) is 5.82 Å². The van der Waals surface area contributed by atoms with Gasteiger partial charge in [0.25, 0.3) is 0 Å². The Morgan fingerprint density at radius 2 is 2.00 bits per heavy atom. The highest BCUT2D eigenvalue weighted by molar-refractivity contribution is 5.95. The van der Waals surface area contributed by atoms with Gasteiger partial charge in [0.05, 0.1) is 5.69 Å². The minimum Gasteiger partial charge on any atom is -0.320 e. The largest absolute Gasteiger partial charge is 0.449 e. The molecule has 0 aliphatic carbocycles. The van der Waals surface area contributed by atoms with E-state index < -0.39 is 12.0 Å². The quantitative estimate of drug-likeness (QED) is 0.856. The van der Waals surface area contributed by atoms with E-state index in [-0.39, 0.29) is 30.7 Å². The highest BCUT2D eigenvalue weighted by Crippen LogP contribution is 2.35. The molecule has 1 amide bonds. The van der Waals surface area contributed by atoms with Crippen LogP contribution < -0.4 is 10.2 Å². The van der Waals surface area contributed by atoms with E-state index in [1.54, 1.807) is 0 Å². The first-order chi connectivity index (χ1) is 8.98. The van der Waals surface area contributed by atoms with Crippen LogP contribution in [0.2, 0.25) is 0 Å². The average molecular weight is 311 g/mol. The standard InChI is InChI=1S/C11H13F3N4O.ClH/c12-11(13,14)10-16-9(18-4-1-2-8(18)19)7-6-15-3-5-17(7)10;/h15H,1-6H2;1H. The third kappa shape index (κ3) is 2.37. The Bertz CT molecular complexity index is 528. The summed E-state index contributed by atoms with van der Waals surface area (Å²) in [5.74, 6) is -0.888. The number of nitrogens with zero attached hydrogens (tertiary/aromatic N) is 3. The number of fused-ring (bicyclic) bond motifs is 1. The van der Waals surface area contributed by atoms with E-state index in [0.29, 0.717) is 38.2 Å². The number of hydrogen-bond acceptors (Lipinski definition) is 3. The highest BCUT2D eigenvalue weighted by Gasteiger charge is 2.41. The summed E-state index contributed by atoms with van der Waals surface area (Å²) in [6.07, 6.45) is -3.45. The Hall–Kier alpha value is -1.28. The van der Waals surface area contributed by atoms with Crippen molar-refractivity contribution >= 4 is 24.1 Å². The number of nitrogens with one attached hydrogen (secondary N) is 1. The summed E-state index contributed by atoms with van der Waals surface area (Å²) in [5, 5.41) is 3.02. The van der Waals surface area contributed by atoms with Gasteiger partial charge in [0, 0.05) is 32.6 Å². The normalized spacial score (nSPS) is 18.9. The van der Waals surface area contributed by atoms with Gasteiger partial charge in [-0.3, -0.25) is 9.69 Å². The van der Waals surface area contributed by atoms with Crippen LogP contribution in [0.25, 0.3) is 0 Å². The molecule has 1 aromatic rings. The van der Waals surface area contributed by atoms with E-state index >= 15 is 0 Å². The zero-order valence-electron chi connectivity index (χ0n) is 10.5. The van der Waals surface area contributed by atoms with Crippen molar-refractivity contribution in [1.82, 2.24) is 14.9 Å². The topological polar surface area (TPSA) is 50.2 Å². The first-order valence-corrected chi connectivity index (χ1v) is 6.16. The van der Waals surface area contributed by atoms with E-state index in [0.717, 1.165) is 0 Å². The van der Waals surface area contributed by atoms with Gasteiger partial charge in [-0.2, -0.15) is 13.2 Å². The second kappa shape index (κ2) is 5.25. The molecule has 0 radical (unpaired) electrons. The van der Waals surface area contributed by atoms with Crippen molar-refractivity contribution in [2.45, 2.75) is 32.1 Å². The average Bonchev–Trinajstić information content (AvgIpc) is 2.91. The third-order valence-corrected chi connectivity index (χ3v) is 3.44. The summed E-state index contributed by atoms with van der Waals surface area (Å²) in [4.78, 5) is 16.8. The second-order valence-electron chi connectivity index (χ2n) is 4.68. The molecule has 2 aliphatic heterocycles. The van der Waals surface area contributed by atoms with Crippen molar-refractivity contribution in [3.05, 3.63) is 11.5 Å². The molecule has 9 heteroatoms. The molecule has 0 spiro atoms. The molecule has 1 saturated heterocycles. The number of rotatable bonds is 1. The van der Waals surface area contributed by atoms with Crippen LogP contribution >= 0.6 is 12.4 Å². The molecule has 1 fully saturated rings. The van der Waals surface area contributed by atoms with E-state index in [1.165, 1.54) is 9.47 Å². The summed E-state index contributed by atoms with van der Waals surface area (Å²) in [5.41, 5.74) is 0.453. The molecule has 20 heavy (non-hydrogen) atoms. The minimum absolute atomic E-state index is 0. The van der Waals surface area contributed by atoms with Crippen LogP contribution in [0.4, 0.5) is 19.0 Å². The molecule has 0 unspecified atom stereocenters. The lowest BCUT2D eigenvalue weighted by Crippen LogP contribution is -2.32. The number of anilines is 1. The summed E-state index contributed by atoms with van der Waals surface area (Å²) in [6, 6.07) is 0. The summed E-state index contributed by atoms with van der Waals surface area (Å²) >= 11 is 0. The molecule has 3 rings (SSSR count). The van der Waals surface area contributed by atoms with Crippen molar-refractivity contribution in [3.63, 3.8) is 0 Å². The first kappa shape index (κ1) is 15.1. The maximum atomic E-state index is 13.0. The van der Waals surface area contributed by atoms with Crippen LogP contribution in [0, 0.1) is 0 Å². The van der Waals surface area contributed by atoms with E-state index in [2.05, 4.69) is 10.3 Å². The summed E-state index contributed by atoms with van der Waals surface area (Å²) in [6.45, 7) is 1.45. The van der Waals surface area contributed by atoms with Crippen LogP contribution in [0.1, 0.15) is 24.4 Å². The minimum atomic E-state index is -4.49. The molecule has 0 saturated carbocycles. The van der Waals surface area contributed by atoms with Gasteiger partial charge < -0.3 is 9.88 Å². The predicted octanol–water partition coefficient (Wildman–Crippen LogP) is 1.55. The van der Waals surface area contributed by atoms with Gasteiger partial charge in [-0.15, -0.1) is 12.4 Å². The smallest absolute Gasteiger partial charge is 0.320 e. The van der Waals surface area contributed by atoms with E-state index in [1.807, 2.05) is 0 Å². The van der Waals surface area contributed by atoms with Gasteiger partial charge in [0.1, 0.15) is 0 Å². The fourth-order valence-corrected chi connectivity index (χ4v) is 2.59. The van der Waals surface area contributed by atoms with E-state index in [9.17, 15) is 18.0 Å². The highest BCUT2D eigenvalue weighted by atomic mass is 35.5. The van der Waals surface area contributed by atoms with Crippen LogP contribution in [0.5, 0.6) is 0 Å². The summed E-state index contributed by atoms with van der Waals surface area (Å²) < 4.78 is 40.1. The number of halogens is 4. The number of imidazole rings is 1. The van der Waals surface area contributed by atoms with Gasteiger partial charge in [-0.1, -0.05) is 0 Å². The fourth-order valence-electron chi connectivity index (χ4n) is 2.59. The first-order valence-electron chi connectivity index (χ1n) is 6.16. The third-order valence-electron chi connectivity index (χ3n) is 3.44. The summed E-state index contributed by atoms with van der Waals surface area (Å²) in [7, 11) is 0. The molecule has 112 valence electrons. The number of hydrogen-bond donors (Lipinski definition) is 1. The number of aromatic nitrogens is 2. The van der Waals surface area contributed by atoms with E-state index in [4.69, 9.17) is 0 Å². The Balaban J connectivity index is 0.00000147. The van der Waals surface area contributed by atoms with Crippen molar-refractivity contribution in [3.8, 4) is 0 Å². The lowest BCUT2D eigenvalue weighted by Gasteiger charge is -2.21. The molecule has 1 aromatic heterocycles. The Morgan fingerprint density at radius 1 is 1.25 bits per heavy atom. The van der Waals surface area contributed by atoms with Gasteiger partial charge in [0.2, 0.25) is 11.7 Å². The van der Waals surface area contributed by atoms with Crippen molar-refractivity contribution in [1.29, 1.82) is 0 Å². The molecule has 0 atom stereocenters. The molecule has 0 bridgehead atoms. The molecule has 5 nitrogen and oxygen atoms in total. The van der Waals surface area contributed by atoms with Crippen LogP contribution in [-0.4, -0.2) is 28.5 Å². The van der Waals surface area contributed by atoms with Crippen molar-refractivity contribution in [2.24, 2.45) is 0 Å². The molecular formula is C11H14ClF3N4O. The molecular weight excluding hydrogens is 297 g/mol. The monoisotopic (exact) mass is 310 g/mol. The van der Waals surface area contributed by atoms with Crippen LogP contribution in [0.3, 0.4) is 0 Å². The van der Waals surface area contributed by atoms with Gasteiger partial charge >= 0.3 is 6.18 Å². The van der Waals surface area contributed by atoms with Crippen molar-refractivity contribution in [2.75, 3.05) is 18.0 Å². The Morgan fingerprint density at radius 3 is 2.60 bits per heavy atom. The van der Waals surface area contributed by atoms with Gasteiger partial charge in [-0.25, -0.2) is 4.98 Å². The second-order valence-corrected chi connectivity index (χ2v) is 4.68. The maximum Gasteiger partial charge on any atom is 0.449 e. The van der Waals surface area contributed by atoms with Crippen LogP contribution in [0.15, 0.2) is 0 Å². The number of carbonyl (C=O) groups is 1. The Kier molecular flexibility index (Phi) is 3.97. The fraction of sp³-hybridized carbons (Fsp3) is 0.636.